The van der Waals surface area contributed by atoms with Crippen molar-refractivity contribution in [1.29, 1.82) is 0 Å². The summed E-state index contributed by atoms with van der Waals surface area (Å²) in [6.45, 7) is 9.47. The van der Waals surface area contributed by atoms with Gasteiger partial charge in [0.15, 0.2) is 0 Å². The molecule has 0 radical (unpaired) electrons. The molecule has 0 aliphatic rings. The van der Waals surface area contributed by atoms with Gasteiger partial charge >= 0.3 is 6.09 Å². The fraction of sp³-hybridized carbons (Fsp3) is 0.529. The number of benzene rings is 1. The van der Waals surface area contributed by atoms with Crippen LogP contribution in [0.3, 0.4) is 0 Å². The highest BCUT2D eigenvalue weighted by molar-refractivity contribution is 9.09. The van der Waals surface area contributed by atoms with Crippen molar-refractivity contribution in [1.82, 2.24) is 5.32 Å². The van der Waals surface area contributed by atoms with E-state index in [4.69, 9.17) is 4.74 Å². The summed E-state index contributed by atoms with van der Waals surface area (Å²) in [6, 6.07) is 9.37. The molecule has 0 aromatic heterocycles. The first-order valence-corrected chi connectivity index (χ1v) is 8.59. The maximum absolute atomic E-state index is 12.2. The minimum atomic E-state index is -0.643. The van der Waals surface area contributed by atoms with Crippen molar-refractivity contribution in [2.24, 2.45) is 0 Å². The molecule has 2 amide bonds. The van der Waals surface area contributed by atoms with Crippen molar-refractivity contribution in [3.8, 4) is 0 Å². The number of carbonyl (C=O) groups excluding carboxylic acids is 2. The number of para-hydroxylation sites is 1. The summed E-state index contributed by atoms with van der Waals surface area (Å²) in [5.41, 5.74) is -0.419. The molecule has 0 fully saturated rings. The fourth-order valence-electron chi connectivity index (χ4n) is 2.02. The number of nitrogens with one attached hydrogen (secondary N) is 1. The van der Waals surface area contributed by atoms with Gasteiger partial charge in [-0.3, -0.25) is 4.79 Å². The monoisotopic (exact) mass is 384 g/mol. The molecule has 128 valence electrons. The number of hydrogen-bond donors (Lipinski definition) is 1. The molecule has 0 saturated carbocycles. The number of anilines is 1. The van der Waals surface area contributed by atoms with Crippen molar-refractivity contribution in [3.63, 3.8) is 0 Å². The van der Waals surface area contributed by atoms with Gasteiger partial charge in [-0.2, -0.15) is 0 Å². The van der Waals surface area contributed by atoms with Gasteiger partial charge in [0, 0.05) is 12.2 Å². The van der Waals surface area contributed by atoms with Crippen LogP contribution in [-0.2, 0) is 9.53 Å². The SMILES string of the molecule is CC(C)(CN(C(=O)CBr)c1ccccc1)NC(=O)OC(C)(C)C. The fourth-order valence-corrected chi connectivity index (χ4v) is 2.32. The van der Waals surface area contributed by atoms with Gasteiger partial charge in [0.05, 0.1) is 10.9 Å². The Bertz CT molecular complexity index is 539. The zero-order valence-electron chi connectivity index (χ0n) is 14.4. The summed E-state index contributed by atoms with van der Waals surface area (Å²) in [7, 11) is 0. The van der Waals surface area contributed by atoms with Crippen LogP contribution in [0.5, 0.6) is 0 Å². The van der Waals surface area contributed by atoms with E-state index in [1.165, 1.54) is 0 Å². The smallest absolute Gasteiger partial charge is 0.408 e. The predicted molar refractivity (Wildman–Crippen MR) is 96.0 cm³/mol. The van der Waals surface area contributed by atoms with Crippen LogP contribution >= 0.6 is 15.9 Å². The quantitative estimate of drug-likeness (QED) is 0.786. The standard InChI is InChI=1S/C17H25BrN2O3/c1-16(2,3)23-15(22)19-17(4,5)12-20(14(21)11-18)13-9-7-6-8-10-13/h6-10H,11-12H2,1-5H3,(H,19,22). The van der Waals surface area contributed by atoms with E-state index in [0.717, 1.165) is 5.69 Å². The normalized spacial score (nSPS) is 11.7. The Morgan fingerprint density at radius 2 is 1.70 bits per heavy atom. The highest BCUT2D eigenvalue weighted by atomic mass is 79.9. The number of halogens is 1. The number of carbonyl (C=O) groups is 2. The van der Waals surface area contributed by atoms with E-state index in [2.05, 4.69) is 21.2 Å². The molecule has 1 N–H and O–H groups in total. The molecule has 0 atom stereocenters. The van der Waals surface area contributed by atoms with Crippen molar-refractivity contribution in [2.45, 2.75) is 45.8 Å². The minimum Gasteiger partial charge on any atom is -0.444 e. The van der Waals surface area contributed by atoms with Crippen molar-refractivity contribution < 1.29 is 14.3 Å². The molecule has 0 aliphatic carbocycles. The molecule has 0 aliphatic heterocycles. The van der Waals surface area contributed by atoms with Crippen LogP contribution < -0.4 is 10.2 Å². The van der Waals surface area contributed by atoms with Crippen molar-refractivity contribution >= 4 is 33.6 Å². The van der Waals surface area contributed by atoms with Crippen molar-refractivity contribution in [2.75, 3.05) is 16.8 Å². The topological polar surface area (TPSA) is 58.6 Å². The van der Waals surface area contributed by atoms with E-state index in [9.17, 15) is 9.59 Å². The molecule has 23 heavy (non-hydrogen) atoms. The Morgan fingerprint density at radius 3 is 2.17 bits per heavy atom. The third-order valence-corrected chi connectivity index (χ3v) is 3.36. The third kappa shape index (κ3) is 7.03. The van der Waals surface area contributed by atoms with Gasteiger partial charge in [-0.15, -0.1) is 0 Å². The second-order valence-corrected chi connectivity index (χ2v) is 7.52. The average molecular weight is 385 g/mol. The number of hydrogen-bond acceptors (Lipinski definition) is 3. The molecule has 1 aromatic rings. The molecule has 5 nitrogen and oxygen atoms in total. The molecule has 0 spiro atoms. The Morgan fingerprint density at radius 1 is 1.13 bits per heavy atom. The lowest BCUT2D eigenvalue weighted by Gasteiger charge is -2.34. The van der Waals surface area contributed by atoms with Gasteiger partial charge in [0.2, 0.25) is 5.91 Å². The van der Waals surface area contributed by atoms with E-state index < -0.39 is 17.2 Å². The van der Waals surface area contributed by atoms with Crippen molar-refractivity contribution in [3.05, 3.63) is 30.3 Å². The second-order valence-electron chi connectivity index (χ2n) is 6.96. The summed E-state index contributed by atoms with van der Waals surface area (Å²) in [4.78, 5) is 25.9. The molecule has 0 bridgehead atoms. The molecular formula is C17H25BrN2O3. The molecule has 1 aromatic carbocycles. The van der Waals surface area contributed by atoms with Crippen LogP contribution in [0, 0.1) is 0 Å². The number of nitrogens with zero attached hydrogens (tertiary/aromatic N) is 1. The molecular weight excluding hydrogens is 360 g/mol. The van der Waals surface area contributed by atoms with E-state index in [-0.39, 0.29) is 11.2 Å². The average Bonchev–Trinajstić information content (AvgIpc) is 2.42. The van der Waals surface area contributed by atoms with Gasteiger partial charge in [-0.1, -0.05) is 34.1 Å². The first-order chi connectivity index (χ1) is 10.5. The molecule has 0 heterocycles. The van der Waals surface area contributed by atoms with Crippen LogP contribution in [0.15, 0.2) is 30.3 Å². The van der Waals surface area contributed by atoms with Gasteiger partial charge in [0.25, 0.3) is 0 Å². The Balaban J connectivity index is 2.85. The van der Waals surface area contributed by atoms with E-state index >= 15 is 0 Å². The summed E-state index contributed by atoms with van der Waals surface area (Å²) in [5, 5.41) is 3.03. The van der Waals surface area contributed by atoms with E-state index in [1.54, 1.807) is 4.90 Å². The van der Waals surface area contributed by atoms with E-state index in [0.29, 0.717) is 6.54 Å². The van der Waals surface area contributed by atoms with Crippen LogP contribution in [-0.4, -0.2) is 35.0 Å². The van der Waals surface area contributed by atoms with Gasteiger partial charge < -0.3 is 15.0 Å². The first-order valence-electron chi connectivity index (χ1n) is 7.46. The number of ether oxygens (including phenoxy) is 1. The number of alkyl carbamates (subject to hydrolysis) is 1. The van der Waals surface area contributed by atoms with Crippen LogP contribution in [0.2, 0.25) is 0 Å². The molecule has 1 rings (SSSR count). The number of rotatable bonds is 5. The number of alkyl halides is 1. The summed E-state index contributed by atoms with van der Waals surface area (Å²) in [5.74, 6) is -0.0738. The molecule has 6 heteroatoms. The Labute approximate surface area is 146 Å². The predicted octanol–water partition coefficient (Wildman–Crippen LogP) is 3.72. The van der Waals surface area contributed by atoms with E-state index in [1.807, 2.05) is 65.0 Å². The van der Waals surface area contributed by atoms with Crippen LogP contribution in [0.4, 0.5) is 10.5 Å². The number of amides is 2. The van der Waals surface area contributed by atoms with Crippen LogP contribution in [0.1, 0.15) is 34.6 Å². The van der Waals surface area contributed by atoms with Gasteiger partial charge in [-0.25, -0.2) is 4.79 Å². The molecule has 0 unspecified atom stereocenters. The first kappa shape index (κ1) is 19.5. The lowest BCUT2D eigenvalue weighted by molar-refractivity contribution is -0.116. The zero-order valence-corrected chi connectivity index (χ0v) is 15.9. The molecule has 0 saturated heterocycles. The summed E-state index contributed by atoms with van der Waals surface area (Å²) in [6.07, 6.45) is -0.498. The Hall–Kier alpha value is -1.56. The lowest BCUT2D eigenvalue weighted by atomic mass is 10.0. The summed E-state index contributed by atoms with van der Waals surface area (Å²) >= 11 is 3.21. The highest BCUT2D eigenvalue weighted by Gasteiger charge is 2.29. The van der Waals surface area contributed by atoms with Gasteiger partial charge in [0.1, 0.15) is 5.60 Å². The lowest BCUT2D eigenvalue weighted by Crippen LogP contribution is -2.54. The zero-order chi connectivity index (χ0) is 17.7. The highest BCUT2D eigenvalue weighted by Crippen LogP contribution is 2.18. The largest absolute Gasteiger partial charge is 0.444 e. The van der Waals surface area contributed by atoms with Gasteiger partial charge in [-0.05, 0) is 46.8 Å². The summed E-state index contributed by atoms with van der Waals surface area (Å²) < 4.78 is 5.28. The maximum Gasteiger partial charge on any atom is 0.408 e. The Kier molecular flexibility index (Phi) is 6.62. The third-order valence-electron chi connectivity index (χ3n) is 2.88. The van der Waals surface area contributed by atoms with Crippen LogP contribution in [0.25, 0.3) is 0 Å². The maximum atomic E-state index is 12.2. The second kappa shape index (κ2) is 7.81. The minimum absolute atomic E-state index is 0.0738.